The Morgan fingerprint density at radius 2 is 1.42 bits per heavy atom. The molecule has 3 aromatic carbocycles. The molecule has 11 heteroatoms. The molecule has 0 spiro atoms. The van der Waals surface area contributed by atoms with E-state index in [4.69, 9.17) is 11.6 Å². The molecule has 0 aliphatic carbocycles. The minimum Gasteiger partial charge on any atom is -0.465 e. The summed E-state index contributed by atoms with van der Waals surface area (Å²) in [6.07, 6.45) is 0. The van der Waals surface area contributed by atoms with Crippen LogP contribution in [0.4, 0.5) is 11.4 Å². The lowest BCUT2D eigenvalue weighted by atomic mass is 10.1. The fraction of sp³-hybridized carbons (Fsp3) is 0.160. The largest absolute Gasteiger partial charge is 0.465 e. The van der Waals surface area contributed by atoms with Crippen LogP contribution < -0.4 is 10.0 Å². The summed E-state index contributed by atoms with van der Waals surface area (Å²) in [6.45, 7) is 3.59. The number of ether oxygens (including phenoxy) is 2. The summed E-state index contributed by atoms with van der Waals surface area (Å²) in [6, 6.07) is 13.0. The monoisotopic (exact) mass is 530 g/mol. The number of hydrogen-bond acceptors (Lipinski definition) is 7. The molecule has 3 rings (SSSR count). The van der Waals surface area contributed by atoms with E-state index >= 15 is 0 Å². The van der Waals surface area contributed by atoms with Crippen LogP contribution in [0.5, 0.6) is 0 Å². The number of nitrogens with one attached hydrogen (secondary N) is 2. The van der Waals surface area contributed by atoms with E-state index in [1.807, 2.05) is 13.0 Å². The van der Waals surface area contributed by atoms with Crippen molar-refractivity contribution in [1.29, 1.82) is 0 Å². The third-order valence-corrected chi connectivity index (χ3v) is 7.00. The van der Waals surface area contributed by atoms with Crippen LogP contribution >= 0.6 is 11.6 Å². The van der Waals surface area contributed by atoms with E-state index in [0.29, 0.717) is 11.3 Å². The first-order valence-electron chi connectivity index (χ1n) is 10.5. The number of methoxy groups -OCH3 is 2. The van der Waals surface area contributed by atoms with E-state index in [0.717, 1.165) is 11.6 Å². The van der Waals surface area contributed by atoms with Gasteiger partial charge in [0, 0.05) is 11.3 Å². The minimum atomic E-state index is -4.14. The van der Waals surface area contributed by atoms with Crippen molar-refractivity contribution in [3.05, 3.63) is 87.4 Å². The van der Waals surface area contributed by atoms with Gasteiger partial charge in [0.1, 0.15) is 4.90 Å². The SMILES string of the molecule is COC(=O)c1cc(NC(=O)c2ccc(Cl)c(S(=O)(=O)Nc3cc(C)ccc3C)c2)cc(C(=O)OC)c1. The highest BCUT2D eigenvalue weighted by atomic mass is 35.5. The van der Waals surface area contributed by atoms with E-state index in [1.54, 1.807) is 19.1 Å². The van der Waals surface area contributed by atoms with E-state index in [9.17, 15) is 22.8 Å². The molecule has 0 atom stereocenters. The molecule has 0 aromatic heterocycles. The van der Waals surface area contributed by atoms with E-state index < -0.39 is 27.9 Å². The predicted octanol–water partition coefficient (Wildman–Crippen LogP) is 4.58. The zero-order chi connectivity index (χ0) is 26.6. The molecule has 0 aliphatic heterocycles. The molecule has 188 valence electrons. The van der Waals surface area contributed by atoms with Crippen molar-refractivity contribution >= 4 is 50.8 Å². The highest BCUT2D eigenvalue weighted by Crippen LogP contribution is 2.27. The van der Waals surface area contributed by atoms with Gasteiger partial charge in [0.15, 0.2) is 0 Å². The Bertz CT molecular complexity index is 1430. The van der Waals surface area contributed by atoms with Crippen molar-refractivity contribution in [3.8, 4) is 0 Å². The Balaban J connectivity index is 1.95. The standard InChI is InChI=1S/C25H23ClN2O7S/c1-14-5-6-15(2)21(9-14)28-36(32,33)22-13-16(7-8-20(22)26)23(29)27-19-11-17(24(30)34-3)10-18(12-19)25(31)35-4/h5-13,28H,1-4H3,(H,27,29). The number of carbonyl (C=O) groups is 3. The van der Waals surface area contributed by atoms with E-state index in [-0.39, 0.29) is 32.3 Å². The maximum Gasteiger partial charge on any atom is 0.337 e. The Labute approximate surface area is 213 Å². The van der Waals surface area contributed by atoms with Crippen LogP contribution in [0.3, 0.4) is 0 Å². The molecular weight excluding hydrogens is 508 g/mol. The predicted molar refractivity (Wildman–Crippen MR) is 135 cm³/mol. The molecule has 1 amide bonds. The molecule has 0 unspecified atom stereocenters. The van der Waals surface area contributed by atoms with Gasteiger partial charge in [-0.05, 0) is 67.4 Å². The van der Waals surface area contributed by atoms with Crippen molar-refractivity contribution in [3.63, 3.8) is 0 Å². The van der Waals surface area contributed by atoms with Gasteiger partial charge < -0.3 is 14.8 Å². The molecule has 3 aromatic rings. The topological polar surface area (TPSA) is 128 Å². The fourth-order valence-electron chi connectivity index (χ4n) is 3.27. The number of anilines is 2. The van der Waals surface area contributed by atoms with Crippen LogP contribution in [0, 0.1) is 13.8 Å². The molecule has 0 bridgehead atoms. The Morgan fingerprint density at radius 1 is 0.806 bits per heavy atom. The Kier molecular flexibility index (Phi) is 8.01. The summed E-state index contributed by atoms with van der Waals surface area (Å²) in [4.78, 5) is 36.7. The molecule has 0 aliphatic rings. The maximum absolute atomic E-state index is 13.1. The molecule has 0 fully saturated rings. The zero-order valence-electron chi connectivity index (χ0n) is 19.8. The number of hydrogen-bond donors (Lipinski definition) is 2. The molecule has 2 N–H and O–H groups in total. The second-order valence-electron chi connectivity index (χ2n) is 7.81. The summed E-state index contributed by atoms with van der Waals surface area (Å²) in [5.41, 5.74) is 2.04. The minimum absolute atomic E-state index is 0.00722. The highest BCUT2D eigenvalue weighted by molar-refractivity contribution is 7.92. The lowest BCUT2D eigenvalue weighted by molar-refractivity contribution is 0.0598. The van der Waals surface area contributed by atoms with Crippen LogP contribution in [0.2, 0.25) is 5.02 Å². The van der Waals surface area contributed by atoms with Crippen LogP contribution in [-0.4, -0.2) is 40.5 Å². The van der Waals surface area contributed by atoms with Crippen LogP contribution in [0.25, 0.3) is 0 Å². The molecule has 0 saturated carbocycles. The highest BCUT2D eigenvalue weighted by Gasteiger charge is 2.22. The lowest BCUT2D eigenvalue weighted by Gasteiger charge is -2.14. The number of aryl methyl sites for hydroxylation is 2. The summed E-state index contributed by atoms with van der Waals surface area (Å²) in [7, 11) is -1.79. The van der Waals surface area contributed by atoms with Gasteiger partial charge in [0.2, 0.25) is 0 Å². The van der Waals surface area contributed by atoms with Crippen molar-refractivity contribution in [2.24, 2.45) is 0 Å². The molecule has 0 heterocycles. The number of esters is 2. The van der Waals surface area contributed by atoms with Gasteiger partial charge in [0.25, 0.3) is 15.9 Å². The zero-order valence-corrected chi connectivity index (χ0v) is 21.4. The van der Waals surface area contributed by atoms with Gasteiger partial charge >= 0.3 is 11.9 Å². The fourth-order valence-corrected chi connectivity index (χ4v) is 4.92. The Hall–Kier alpha value is -3.89. The maximum atomic E-state index is 13.1. The molecular formula is C25H23ClN2O7S. The van der Waals surface area contributed by atoms with Crippen molar-refractivity contribution in [2.45, 2.75) is 18.7 Å². The third-order valence-electron chi connectivity index (χ3n) is 5.15. The molecule has 0 saturated heterocycles. The number of amides is 1. The number of halogens is 1. The number of sulfonamides is 1. The van der Waals surface area contributed by atoms with Gasteiger partial charge in [-0.3, -0.25) is 9.52 Å². The number of rotatable bonds is 7. The van der Waals surface area contributed by atoms with Gasteiger partial charge in [-0.1, -0.05) is 23.7 Å². The van der Waals surface area contributed by atoms with Crippen LogP contribution in [0.1, 0.15) is 42.2 Å². The van der Waals surface area contributed by atoms with Gasteiger partial charge in [-0.15, -0.1) is 0 Å². The average molecular weight is 531 g/mol. The van der Waals surface area contributed by atoms with Crippen molar-refractivity contribution in [2.75, 3.05) is 24.3 Å². The number of benzene rings is 3. The second-order valence-corrected chi connectivity index (χ2v) is 9.86. The first kappa shape index (κ1) is 26.7. The van der Waals surface area contributed by atoms with Gasteiger partial charge in [-0.2, -0.15) is 0 Å². The van der Waals surface area contributed by atoms with Crippen molar-refractivity contribution in [1.82, 2.24) is 0 Å². The Morgan fingerprint density at radius 3 is 2.00 bits per heavy atom. The second kappa shape index (κ2) is 10.8. The first-order chi connectivity index (χ1) is 16.9. The van der Waals surface area contributed by atoms with Gasteiger partial charge in [0.05, 0.1) is 36.1 Å². The van der Waals surface area contributed by atoms with E-state index in [1.165, 1.54) is 44.6 Å². The third kappa shape index (κ3) is 6.02. The summed E-state index contributed by atoms with van der Waals surface area (Å²) in [5, 5.41) is 2.47. The van der Waals surface area contributed by atoms with Crippen molar-refractivity contribution < 1.29 is 32.3 Å². The van der Waals surface area contributed by atoms with E-state index in [2.05, 4.69) is 19.5 Å². The normalized spacial score (nSPS) is 10.9. The van der Waals surface area contributed by atoms with Crippen LogP contribution in [0.15, 0.2) is 59.5 Å². The quantitative estimate of drug-likeness (QED) is 0.428. The first-order valence-corrected chi connectivity index (χ1v) is 12.3. The lowest BCUT2D eigenvalue weighted by Crippen LogP contribution is -2.17. The molecule has 9 nitrogen and oxygen atoms in total. The summed E-state index contributed by atoms with van der Waals surface area (Å²) in [5.74, 6) is -2.16. The average Bonchev–Trinajstić information content (AvgIpc) is 2.84. The van der Waals surface area contributed by atoms with Gasteiger partial charge in [-0.25, -0.2) is 18.0 Å². The number of carbonyl (C=O) groups excluding carboxylic acids is 3. The smallest absolute Gasteiger partial charge is 0.337 e. The summed E-state index contributed by atoms with van der Waals surface area (Å²) < 4.78 is 38.1. The molecule has 0 radical (unpaired) electrons. The molecule has 36 heavy (non-hydrogen) atoms. The summed E-state index contributed by atoms with van der Waals surface area (Å²) >= 11 is 6.17. The van der Waals surface area contributed by atoms with Crippen LogP contribution in [-0.2, 0) is 19.5 Å².